The van der Waals surface area contributed by atoms with Crippen LogP contribution in [0.5, 0.6) is 5.75 Å². The van der Waals surface area contributed by atoms with Crippen molar-refractivity contribution >= 4 is 22.6 Å². The fraction of sp³-hybridized carbons (Fsp3) is 0.190. The molecule has 0 aliphatic carbocycles. The van der Waals surface area contributed by atoms with Gasteiger partial charge in [-0.05, 0) is 61.2 Å². The van der Waals surface area contributed by atoms with E-state index in [0.29, 0.717) is 28.5 Å². The molecule has 144 valence electrons. The molecule has 0 saturated carbocycles. The first-order valence-corrected chi connectivity index (χ1v) is 8.73. The maximum absolute atomic E-state index is 13.1. The van der Waals surface area contributed by atoms with Gasteiger partial charge in [0.1, 0.15) is 22.9 Å². The highest BCUT2D eigenvalue weighted by atomic mass is 19.1. The predicted octanol–water partition coefficient (Wildman–Crippen LogP) is 2.80. The van der Waals surface area contributed by atoms with Gasteiger partial charge in [-0.15, -0.1) is 0 Å². The second kappa shape index (κ2) is 8.14. The van der Waals surface area contributed by atoms with Crippen molar-refractivity contribution < 1.29 is 19.1 Å². The molecule has 0 bridgehead atoms. The summed E-state index contributed by atoms with van der Waals surface area (Å²) in [5, 5.41) is 10.8. The topological polar surface area (TPSA) is 91.3 Å². The summed E-state index contributed by atoms with van der Waals surface area (Å²) >= 11 is 0. The number of ketones is 1. The molecule has 0 aliphatic heterocycles. The van der Waals surface area contributed by atoms with E-state index in [2.05, 4.69) is 15.8 Å². The minimum Gasteiger partial charge on any atom is -0.505 e. The van der Waals surface area contributed by atoms with Crippen molar-refractivity contribution in [1.29, 1.82) is 0 Å². The standard InChI is InChI=1S/C21H20FN3O3/c1-12-7-18(21(28)25-24-10-13(2)26)17-9-15(11-23-19(17)20(12)27)8-14-3-5-16(22)6-4-14/h3-7,9,11,24,27H,8,10H2,1-2H3,(H,25,28). The fourth-order valence-corrected chi connectivity index (χ4v) is 2.89. The van der Waals surface area contributed by atoms with Crippen molar-refractivity contribution in [2.24, 2.45) is 0 Å². The van der Waals surface area contributed by atoms with Gasteiger partial charge in [0.2, 0.25) is 0 Å². The van der Waals surface area contributed by atoms with Crippen molar-refractivity contribution in [1.82, 2.24) is 15.8 Å². The molecule has 0 atom stereocenters. The first-order chi connectivity index (χ1) is 13.3. The molecule has 3 rings (SSSR count). The number of amides is 1. The molecule has 0 radical (unpaired) electrons. The quantitative estimate of drug-likeness (QED) is 0.571. The number of aryl methyl sites for hydroxylation is 1. The van der Waals surface area contributed by atoms with Crippen molar-refractivity contribution in [3.63, 3.8) is 0 Å². The number of Topliss-reactive ketones (excluding diaryl/α,β-unsaturated/α-hetero) is 1. The number of hydrazine groups is 1. The SMILES string of the molecule is CC(=O)CNNC(=O)c1cc(C)c(O)c2ncc(Cc3ccc(F)cc3)cc12. The van der Waals surface area contributed by atoms with Gasteiger partial charge in [0, 0.05) is 11.6 Å². The maximum atomic E-state index is 13.1. The Morgan fingerprint density at radius 1 is 1.14 bits per heavy atom. The largest absolute Gasteiger partial charge is 0.505 e. The molecule has 1 aromatic heterocycles. The molecular formula is C21H20FN3O3. The van der Waals surface area contributed by atoms with E-state index in [1.807, 2.05) is 0 Å². The van der Waals surface area contributed by atoms with E-state index >= 15 is 0 Å². The molecule has 0 aliphatic rings. The van der Waals surface area contributed by atoms with Gasteiger partial charge < -0.3 is 5.11 Å². The predicted molar refractivity (Wildman–Crippen MR) is 104 cm³/mol. The number of rotatable bonds is 6. The van der Waals surface area contributed by atoms with E-state index in [-0.39, 0.29) is 23.9 Å². The van der Waals surface area contributed by atoms with Crippen molar-refractivity contribution in [2.45, 2.75) is 20.3 Å². The number of carbonyl (C=O) groups excluding carboxylic acids is 2. The Morgan fingerprint density at radius 2 is 1.86 bits per heavy atom. The summed E-state index contributed by atoms with van der Waals surface area (Å²) in [7, 11) is 0. The number of hydrogen-bond donors (Lipinski definition) is 3. The average Bonchev–Trinajstić information content (AvgIpc) is 2.66. The summed E-state index contributed by atoms with van der Waals surface area (Å²) in [6.07, 6.45) is 2.13. The molecule has 2 aromatic carbocycles. The highest BCUT2D eigenvalue weighted by Crippen LogP contribution is 2.30. The first kappa shape index (κ1) is 19.4. The number of benzene rings is 2. The maximum Gasteiger partial charge on any atom is 0.266 e. The zero-order valence-electron chi connectivity index (χ0n) is 15.5. The second-order valence-corrected chi connectivity index (χ2v) is 6.64. The van der Waals surface area contributed by atoms with Gasteiger partial charge >= 0.3 is 0 Å². The molecule has 0 spiro atoms. The van der Waals surface area contributed by atoms with Crippen LogP contribution in [-0.4, -0.2) is 28.3 Å². The molecule has 0 unspecified atom stereocenters. The van der Waals surface area contributed by atoms with Crippen LogP contribution in [0.15, 0.2) is 42.6 Å². The third kappa shape index (κ3) is 4.32. The number of hydrogen-bond acceptors (Lipinski definition) is 5. The lowest BCUT2D eigenvalue weighted by Crippen LogP contribution is -2.40. The van der Waals surface area contributed by atoms with Crippen LogP contribution in [0.1, 0.15) is 34.0 Å². The van der Waals surface area contributed by atoms with Crippen LogP contribution in [0.2, 0.25) is 0 Å². The lowest BCUT2D eigenvalue weighted by Gasteiger charge is -2.12. The number of aromatic nitrogens is 1. The number of aromatic hydroxyl groups is 1. The summed E-state index contributed by atoms with van der Waals surface area (Å²) in [5.74, 6) is -0.847. The van der Waals surface area contributed by atoms with E-state index in [1.54, 1.807) is 37.4 Å². The van der Waals surface area contributed by atoms with E-state index in [0.717, 1.165) is 11.1 Å². The molecule has 7 heteroatoms. The highest BCUT2D eigenvalue weighted by Gasteiger charge is 2.16. The van der Waals surface area contributed by atoms with Crippen molar-refractivity contribution in [3.8, 4) is 5.75 Å². The molecule has 28 heavy (non-hydrogen) atoms. The number of pyridine rings is 1. The van der Waals surface area contributed by atoms with Crippen molar-refractivity contribution in [3.05, 3.63) is 70.7 Å². The monoisotopic (exact) mass is 381 g/mol. The Balaban J connectivity index is 1.97. The number of phenols is 1. The summed E-state index contributed by atoms with van der Waals surface area (Å²) in [6.45, 7) is 3.10. The van der Waals surface area contributed by atoms with Crippen LogP contribution in [0.4, 0.5) is 4.39 Å². The van der Waals surface area contributed by atoms with Crippen LogP contribution in [-0.2, 0) is 11.2 Å². The Bertz CT molecular complexity index is 1050. The van der Waals surface area contributed by atoms with Crippen molar-refractivity contribution in [2.75, 3.05) is 6.54 Å². The van der Waals surface area contributed by atoms with Crippen LogP contribution < -0.4 is 10.9 Å². The first-order valence-electron chi connectivity index (χ1n) is 8.73. The zero-order chi connectivity index (χ0) is 20.3. The Morgan fingerprint density at radius 3 is 2.54 bits per heavy atom. The van der Waals surface area contributed by atoms with Crippen LogP contribution in [0, 0.1) is 12.7 Å². The molecule has 6 nitrogen and oxygen atoms in total. The number of nitrogens with one attached hydrogen (secondary N) is 2. The number of carbonyl (C=O) groups is 2. The second-order valence-electron chi connectivity index (χ2n) is 6.64. The van der Waals surface area contributed by atoms with Gasteiger partial charge in [-0.1, -0.05) is 12.1 Å². The van der Waals surface area contributed by atoms with Gasteiger partial charge in [-0.2, -0.15) is 0 Å². The lowest BCUT2D eigenvalue weighted by atomic mass is 9.99. The van der Waals surface area contributed by atoms with E-state index in [4.69, 9.17) is 0 Å². The van der Waals surface area contributed by atoms with E-state index in [9.17, 15) is 19.1 Å². The third-order valence-corrected chi connectivity index (χ3v) is 4.30. The molecule has 0 saturated heterocycles. The Labute approximate surface area is 161 Å². The molecule has 1 heterocycles. The minimum atomic E-state index is -0.435. The minimum absolute atomic E-state index is 0.00874. The summed E-state index contributed by atoms with van der Waals surface area (Å²) < 4.78 is 13.1. The number of nitrogens with zero attached hydrogens (tertiary/aromatic N) is 1. The fourth-order valence-electron chi connectivity index (χ4n) is 2.89. The van der Waals surface area contributed by atoms with Gasteiger partial charge in [0.05, 0.1) is 12.1 Å². The van der Waals surface area contributed by atoms with Gasteiger partial charge in [0.15, 0.2) is 0 Å². The summed E-state index contributed by atoms with van der Waals surface area (Å²) in [4.78, 5) is 27.9. The van der Waals surface area contributed by atoms with Crippen LogP contribution in [0.25, 0.3) is 10.9 Å². The van der Waals surface area contributed by atoms with E-state index < -0.39 is 5.91 Å². The molecule has 1 amide bonds. The summed E-state index contributed by atoms with van der Waals surface area (Å²) in [6, 6.07) is 9.50. The van der Waals surface area contributed by atoms with Crippen LogP contribution >= 0.6 is 0 Å². The molecular weight excluding hydrogens is 361 g/mol. The lowest BCUT2D eigenvalue weighted by molar-refractivity contribution is -0.116. The number of phenolic OH excluding ortho intramolecular Hbond substituents is 1. The normalized spacial score (nSPS) is 10.8. The number of fused-ring (bicyclic) bond motifs is 1. The van der Waals surface area contributed by atoms with Gasteiger partial charge in [0.25, 0.3) is 5.91 Å². The zero-order valence-corrected chi connectivity index (χ0v) is 15.5. The molecule has 3 N–H and O–H groups in total. The van der Waals surface area contributed by atoms with E-state index in [1.165, 1.54) is 19.1 Å². The van der Waals surface area contributed by atoms with Gasteiger partial charge in [-0.3, -0.25) is 20.0 Å². The molecule has 3 aromatic rings. The van der Waals surface area contributed by atoms with Crippen LogP contribution in [0.3, 0.4) is 0 Å². The number of halogens is 1. The van der Waals surface area contributed by atoms with Gasteiger partial charge in [-0.25, -0.2) is 9.82 Å². The highest BCUT2D eigenvalue weighted by molar-refractivity contribution is 6.08. The third-order valence-electron chi connectivity index (χ3n) is 4.30. The Hall–Kier alpha value is -3.32. The average molecular weight is 381 g/mol. The Kier molecular flexibility index (Phi) is 5.65. The smallest absolute Gasteiger partial charge is 0.266 e. The molecule has 0 fully saturated rings. The summed E-state index contributed by atoms with van der Waals surface area (Å²) in [5.41, 5.74) is 7.93.